The van der Waals surface area contributed by atoms with Crippen LogP contribution in [0.5, 0.6) is 5.75 Å². The maximum atomic E-state index is 18.6. The van der Waals surface area contributed by atoms with Gasteiger partial charge in [0.05, 0.1) is 39.3 Å². The highest BCUT2D eigenvalue weighted by molar-refractivity contribution is 5.93. The third-order valence-corrected chi connectivity index (χ3v) is 11.1. The van der Waals surface area contributed by atoms with Gasteiger partial charge < -0.3 is 33.4 Å². The lowest BCUT2D eigenvalue weighted by atomic mass is 9.79. The number of methoxy groups -OCH3 is 1. The number of imidazole rings is 1. The predicted octanol–water partition coefficient (Wildman–Crippen LogP) is 8.89. The number of nitrogens with one attached hydrogen (secondary N) is 1. The van der Waals surface area contributed by atoms with Gasteiger partial charge in [-0.3, -0.25) is 5.32 Å². The highest BCUT2D eigenvalue weighted by Gasteiger charge is 2.53. The monoisotopic (exact) mass is 863 g/mol. The Balaban J connectivity index is 1.45. The summed E-state index contributed by atoms with van der Waals surface area (Å²) < 4.78 is 49.4. The summed E-state index contributed by atoms with van der Waals surface area (Å²) in [7, 11) is 1.57. The highest BCUT2D eigenvalue weighted by Crippen LogP contribution is 2.45. The first-order chi connectivity index (χ1) is 30.2. The average Bonchev–Trinajstić information content (AvgIpc) is 3.96. The summed E-state index contributed by atoms with van der Waals surface area (Å²) in [5, 5.41) is 15.5. The molecule has 14 heteroatoms. The average molecular weight is 864 g/mol. The molecule has 4 unspecified atom stereocenters. The van der Waals surface area contributed by atoms with Crippen LogP contribution in [0.1, 0.15) is 102 Å². The van der Waals surface area contributed by atoms with Crippen molar-refractivity contribution in [3.05, 3.63) is 114 Å². The van der Waals surface area contributed by atoms with Crippen LogP contribution in [0.4, 0.5) is 15.0 Å². The molecule has 2 N–H and O–H groups in total. The number of nitrogens with zero attached hydrogens (tertiary/aromatic N) is 4. The molecule has 1 aliphatic rings. The van der Waals surface area contributed by atoms with Gasteiger partial charge in [-0.15, -0.1) is 6.42 Å². The van der Waals surface area contributed by atoms with Crippen LogP contribution in [0.15, 0.2) is 97.6 Å². The number of hydrogen-bond donors (Lipinski definition) is 2. The fraction of sp³-hybridized carbons (Fsp3) is 0.449. The lowest BCUT2D eigenvalue weighted by Crippen LogP contribution is -2.52. The maximum Gasteiger partial charge on any atom is 0.413 e. The molecule has 0 spiro atoms. The standard InChI is InChI=1S/C49H58FN5O8/c1-7-9-10-11-18-23-40(55-34-53-41-42(51-33-52-43(41)55)54-45(57)63-46(3,4)5)48(58,8-2)31-47(50,44(56)62-39-28-29-60-30-39)32-61-49(35-19-14-12-15-20-35,36-21-16-13-17-22-36)37-24-26-38(59-6)27-25-37/h2,12-17,19-22,24-27,33-34,39-40,58H,7,9-11,18,23,28-32H2,1,3-6H3,(H,51,52,54,57). The largest absolute Gasteiger partial charge is 0.497 e. The van der Waals surface area contributed by atoms with Gasteiger partial charge in [-0.05, 0) is 56.0 Å². The Kier molecular flexibility index (Phi) is 15.2. The molecule has 334 valence electrons. The van der Waals surface area contributed by atoms with Gasteiger partial charge in [0, 0.05) is 12.8 Å². The van der Waals surface area contributed by atoms with E-state index in [0.717, 1.165) is 25.7 Å². The molecule has 1 aliphatic heterocycles. The van der Waals surface area contributed by atoms with Crippen molar-refractivity contribution in [2.24, 2.45) is 0 Å². The van der Waals surface area contributed by atoms with Crippen LogP contribution in [0.2, 0.25) is 0 Å². The molecule has 5 aromatic rings. The first kappa shape index (κ1) is 46.6. The molecule has 3 heterocycles. The zero-order chi connectivity index (χ0) is 45.1. The summed E-state index contributed by atoms with van der Waals surface area (Å²) in [5.74, 6) is 1.91. The van der Waals surface area contributed by atoms with Gasteiger partial charge in [0.15, 0.2) is 17.0 Å². The summed E-state index contributed by atoms with van der Waals surface area (Å²) in [6, 6.07) is 24.8. The van der Waals surface area contributed by atoms with Crippen LogP contribution in [0.25, 0.3) is 11.2 Å². The minimum atomic E-state index is -3.04. The van der Waals surface area contributed by atoms with Crippen LogP contribution >= 0.6 is 0 Å². The van der Waals surface area contributed by atoms with Gasteiger partial charge in [0.2, 0.25) is 5.67 Å². The normalized spacial score (nSPS) is 16.6. The van der Waals surface area contributed by atoms with E-state index < -0.39 is 59.7 Å². The van der Waals surface area contributed by atoms with E-state index in [4.69, 9.17) is 30.1 Å². The van der Waals surface area contributed by atoms with Gasteiger partial charge in [-0.1, -0.05) is 118 Å². The molecule has 3 aromatic carbocycles. The summed E-state index contributed by atoms with van der Waals surface area (Å²) in [6.07, 6.45) is 11.5. The lowest BCUT2D eigenvalue weighted by molar-refractivity contribution is -0.177. The number of carbonyl (C=O) groups is 2. The van der Waals surface area contributed by atoms with Crippen molar-refractivity contribution < 1.29 is 42.8 Å². The summed E-state index contributed by atoms with van der Waals surface area (Å²) >= 11 is 0. The molecule has 6 rings (SSSR count). The second-order valence-electron chi connectivity index (χ2n) is 16.9. The summed E-state index contributed by atoms with van der Waals surface area (Å²) in [6.45, 7) is 6.85. The van der Waals surface area contributed by atoms with E-state index >= 15 is 4.39 Å². The van der Waals surface area contributed by atoms with Crippen LogP contribution in [0, 0.1) is 12.3 Å². The minimum absolute atomic E-state index is 0.0613. The molecule has 1 amide bonds. The van der Waals surface area contributed by atoms with Gasteiger partial charge in [-0.25, -0.2) is 28.9 Å². The number of ether oxygens (including phenoxy) is 5. The van der Waals surface area contributed by atoms with E-state index in [1.807, 2.05) is 72.8 Å². The number of anilines is 1. The molecule has 1 fully saturated rings. The lowest BCUT2D eigenvalue weighted by Gasteiger charge is -2.41. The van der Waals surface area contributed by atoms with Crippen LogP contribution in [-0.4, -0.2) is 86.6 Å². The predicted molar refractivity (Wildman–Crippen MR) is 237 cm³/mol. The number of esters is 1. The second-order valence-corrected chi connectivity index (χ2v) is 16.9. The topological polar surface area (TPSA) is 156 Å². The molecule has 0 saturated carbocycles. The Hall–Kier alpha value is -5.88. The van der Waals surface area contributed by atoms with Crippen molar-refractivity contribution in [1.82, 2.24) is 19.5 Å². The Labute approximate surface area is 368 Å². The van der Waals surface area contributed by atoms with Gasteiger partial charge >= 0.3 is 12.1 Å². The van der Waals surface area contributed by atoms with Gasteiger partial charge in [-0.2, -0.15) is 0 Å². The molecule has 0 radical (unpaired) electrons. The highest BCUT2D eigenvalue weighted by atomic mass is 19.1. The van der Waals surface area contributed by atoms with Crippen LogP contribution in [0.3, 0.4) is 0 Å². The molecule has 0 bridgehead atoms. The Morgan fingerprint density at radius 3 is 2.19 bits per heavy atom. The third kappa shape index (κ3) is 11.0. The molecule has 1 saturated heterocycles. The number of hydrogen-bond acceptors (Lipinski definition) is 11. The van der Waals surface area contributed by atoms with E-state index in [1.54, 1.807) is 44.6 Å². The van der Waals surface area contributed by atoms with E-state index in [9.17, 15) is 14.7 Å². The first-order valence-corrected chi connectivity index (χ1v) is 21.5. The molecular formula is C49H58FN5O8. The Bertz CT molecular complexity index is 2270. The van der Waals surface area contributed by atoms with Crippen molar-refractivity contribution >= 4 is 29.0 Å². The third-order valence-electron chi connectivity index (χ3n) is 11.1. The smallest absolute Gasteiger partial charge is 0.413 e. The molecule has 4 atom stereocenters. The summed E-state index contributed by atoms with van der Waals surface area (Å²) in [5.41, 5.74) is -5.35. The molecule has 2 aromatic heterocycles. The number of unbranched alkanes of at least 4 members (excludes halogenated alkanes) is 4. The van der Waals surface area contributed by atoms with E-state index in [1.165, 1.54) is 12.7 Å². The number of benzene rings is 3. The number of amides is 1. The fourth-order valence-electron chi connectivity index (χ4n) is 8.00. The first-order valence-electron chi connectivity index (χ1n) is 21.5. The minimum Gasteiger partial charge on any atom is -0.497 e. The van der Waals surface area contributed by atoms with Crippen LogP contribution < -0.4 is 10.1 Å². The number of terminal acetylenes is 1. The van der Waals surface area contributed by atoms with Crippen molar-refractivity contribution in [1.29, 1.82) is 0 Å². The van der Waals surface area contributed by atoms with E-state index in [0.29, 0.717) is 41.9 Å². The number of aromatic nitrogens is 4. The van der Waals surface area contributed by atoms with Crippen molar-refractivity contribution in [3.8, 4) is 18.1 Å². The quantitative estimate of drug-likeness (QED) is 0.0334. The van der Waals surface area contributed by atoms with Crippen molar-refractivity contribution in [2.45, 2.75) is 114 Å². The Morgan fingerprint density at radius 1 is 0.952 bits per heavy atom. The zero-order valence-corrected chi connectivity index (χ0v) is 36.7. The fourth-order valence-corrected chi connectivity index (χ4v) is 8.00. The number of carbonyl (C=O) groups excluding carboxylic acids is 2. The molecule has 0 aliphatic carbocycles. The molecular weight excluding hydrogens is 806 g/mol. The SMILES string of the molecule is C#CC(O)(CC(F)(COC(c1ccccc1)(c1ccccc1)c1ccc(OC)cc1)C(=O)OC1CCOC1)C(CCCCCCC)n1cnc2c(NC(=O)OC(C)(C)C)ncnc21. The van der Waals surface area contributed by atoms with Crippen molar-refractivity contribution in [2.75, 3.05) is 32.2 Å². The number of halogens is 1. The van der Waals surface area contributed by atoms with Gasteiger partial charge in [0.1, 0.15) is 35.0 Å². The second kappa shape index (κ2) is 20.5. The van der Waals surface area contributed by atoms with E-state index in [-0.39, 0.29) is 30.0 Å². The number of alkyl halides is 1. The Morgan fingerprint density at radius 2 is 1.60 bits per heavy atom. The van der Waals surface area contributed by atoms with Gasteiger partial charge in [0.25, 0.3) is 0 Å². The number of rotatable bonds is 20. The molecule has 63 heavy (non-hydrogen) atoms. The zero-order valence-electron chi connectivity index (χ0n) is 36.7. The van der Waals surface area contributed by atoms with Crippen molar-refractivity contribution in [3.63, 3.8) is 0 Å². The van der Waals surface area contributed by atoms with E-state index in [2.05, 4.69) is 33.1 Å². The number of aliphatic hydroxyl groups is 1. The molecule has 13 nitrogen and oxygen atoms in total. The number of fused-ring (bicyclic) bond motifs is 1. The maximum absolute atomic E-state index is 18.6. The summed E-state index contributed by atoms with van der Waals surface area (Å²) in [4.78, 5) is 40.6. The van der Waals surface area contributed by atoms with Crippen LogP contribution in [-0.2, 0) is 29.3 Å².